The predicted molar refractivity (Wildman–Crippen MR) is 93.2 cm³/mol. The van der Waals surface area contributed by atoms with Crippen molar-refractivity contribution in [1.29, 1.82) is 0 Å². The SMILES string of the molecule is O=C(Nc1ccc(Cl)cc1)O/N=C1/CCCC[C@H]1Cn1ccnc1. The van der Waals surface area contributed by atoms with E-state index in [0.717, 1.165) is 37.9 Å². The Kier molecular flexibility index (Phi) is 5.48. The quantitative estimate of drug-likeness (QED) is 0.661. The summed E-state index contributed by atoms with van der Waals surface area (Å²) < 4.78 is 2.03. The minimum Gasteiger partial charge on any atom is -0.337 e. The molecule has 0 radical (unpaired) electrons. The van der Waals surface area contributed by atoms with E-state index in [9.17, 15) is 4.79 Å². The number of carbonyl (C=O) groups excluding carboxylic acids is 1. The Labute approximate surface area is 145 Å². The predicted octanol–water partition coefficient (Wildman–Crippen LogP) is 4.33. The molecule has 1 saturated carbocycles. The number of imidazole rings is 1. The lowest BCUT2D eigenvalue weighted by atomic mass is 9.87. The summed E-state index contributed by atoms with van der Waals surface area (Å²) in [6.07, 6.45) is 9.01. The molecule has 0 unspecified atom stereocenters. The van der Waals surface area contributed by atoms with Gasteiger partial charge >= 0.3 is 6.09 Å². The number of nitrogens with zero attached hydrogens (tertiary/aromatic N) is 3. The third kappa shape index (κ3) is 4.58. The maximum absolute atomic E-state index is 11.9. The van der Waals surface area contributed by atoms with Crippen molar-refractivity contribution < 1.29 is 9.63 Å². The Balaban J connectivity index is 1.58. The van der Waals surface area contributed by atoms with Crippen molar-refractivity contribution >= 4 is 29.1 Å². The summed E-state index contributed by atoms with van der Waals surface area (Å²) in [5.74, 6) is 0.274. The van der Waals surface area contributed by atoms with Crippen molar-refractivity contribution in [3.63, 3.8) is 0 Å². The Morgan fingerprint density at radius 3 is 2.96 bits per heavy atom. The minimum absolute atomic E-state index is 0.274. The van der Waals surface area contributed by atoms with Gasteiger partial charge in [0, 0.05) is 35.6 Å². The van der Waals surface area contributed by atoms with Gasteiger partial charge in [0.2, 0.25) is 0 Å². The van der Waals surface area contributed by atoms with Gasteiger partial charge < -0.3 is 4.57 Å². The summed E-state index contributed by atoms with van der Waals surface area (Å²) in [5, 5.41) is 7.34. The second kappa shape index (κ2) is 7.97. The average molecular weight is 347 g/mol. The maximum atomic E-state index is 11.9. The molecule has 1 fully saturated rings. The van der Waals surface area contributed by atoms with Crippen molar-refractivity contribution in [2.75, 3.05) is 5.32 Å². The maximum Gasteiger partial charge on any atom is 0.437 e. The topological polar surface area (TPSA) is 68.5 Å². The van der Waals surface area contributed by atoms with Crippen molar-refractivity contribution in [3.05, 3.63) is 48.0 Å². The van der Waals surface area contributed by atoms with Gasteiger partial charge in [-0.2, -0.15) is 0 Å². The van der Waals surface area contributed by atoms with Crippen molar-refractivity contribution in [2.24, 2.45) is 11.1 Å². The van der Waals surface area contributed by atoms with Crippen LogP contribution in [0.5, 0.6) is 0 Å². The third-order valence-electron chi connectivity index (χ3n) is 4.03. The van der Waals surface area contributed by atoms with Gasteiger partial charge in [-0.1, -0.05) is 23.2 Å². The normalized spacial score (nSPS) is 19.2. The highest BCUT2D eigenvalue weighted by Crippen LogP contribution is 2.23. The van der Waals surface area contributed by atoms with Crippen LogP contribution in [0.4, 0.5) is 10.5 Å². The number of anilines is 1. The molecule has 6 nitrogen and oxygen atoms in total. The number of rotatable bonds is 4. The molecule has 2 aromatic rings. The second-order valence-corrected chi connectivity index (χ2v) is 6.23. The fourth-order valence-electron chi connectivity index (χ4n) is 2.81. The van der Waals surface area contributed by atoms with E-state index in [1.54, 1.807) is 36.8 Å². The number of hydrogen-bond donors (Lipinski definition) is 1. The Hall–Kier alpha value is -2.34. The monoisotopic (exact) mass is 346 g/mol. The van der Waals surface area contributed by atoms with Crippen molar-refractivity contribution in [3.8, 4) is 0 Å². The van der Waals surface area contributed by atoms with Crippen LogP contribution in [0.2, 0.25) is 5.02 Å². The van der Waals surface area contributed by atoms with Gasteiger partial charge in [-0.3, -0.25) is 10.2 Å². The van der Waals surface area contributed by atoms with Gasteiger partial charge in [0.1, 0.15) is 0 Å². The lowest BCUT2D eigenvalue weighted by molar-refractivity contribution is 0.164. The van der Waals surface area contributed by atoms with Gasteiger partial charge in [0.15, 0.2) is 0 Å². The highest BCUT2D eigenvalue weighted by molar-refractivity contribution is 6.30. The molecular formula is C17H19ClN4O2. The first-order chi connectivity index (χ1) is 11.7. The van der Waals surface area contributed by atoms with Crippen LogP contribution in [0.3, 0.4) is 0 Å². The molecular weight excluding hydrogens is 328 g/mol. The fraction of sp³-hybridized carbons (Fsp3) is 0.353. The van der Waals surface area contributed by atoms with E-state index in [1.807, 2.05) is 10.8 Å². The van der Waals surface area contributed by atoms with E-state index in [4.69, 9.17) is 16.4 Å². The second-order valence-electron chi connectivity index (χ2n) is 5.80. The lowest BCUT2D eigenvalue weighted by Crippen LogP contribution is -2.25. The summed E-state index contributed by atoms with van der Waals surface area (Å²) >= 11 is 5.81. The molecule has 1 N–H and O–H groups in total. The number of hydrogen-bond acceptors (Lipinski definition) is 4. The summed E-state index contributed by atoms with van der Waals surface area (Å²) in [5.41, 5.74) is 1.55. The molecule has 126 valence electrons. The molecule has 7 heteroatoms. The summed E-state index contributed by atoms with van der Waals surface area (Å²) in [6.45, 7) is 0.807. The van der Waals surface area contributed by atoms with Crippen molar-refractivity contribution in [1.82, 2.24) is 9.55 Å². The molecule has 3 rings (SSSR count). The highest BCUT2D eigenvalue weighted by atomic mass is 35.5. The molecule has 1 atom stereocenters. The van der Waals surface area contributed by atoms with Gasteiger partial charge in [0.05, 0.1) is 12.0 Å². The number of benzene rings is 1. The Morgan fingerprint density at radius 1 is 1.38 bits per heavy atom. The van der Waals surface area contributed by atoms with Gasteiger partial charge in [-0.15, -0.1) is 0 Å². The molecule has 0 bridgehead atoms. The van der Waals surface area contributed by atoms with E-state index in [0.29, 0.717) is 10.7 Å². The van der Waals surface area contributed by atoms with E-state index >= 15 is 0 Å². The van der Waals surface area contributed by atoms with Gasteiger partial charge in [0.25, 0.3) is 0 Å². The zero-order valence-corrected chi connectivity index (χ0v) is 13.9. The average Bonchev–Trinajstić information content (AvgIpc) is 3.09. The summed E-state index contributed by atoms with van der Waals surface area (Å²) in [7, 11) is 0. The minimum atomic E-state index is -0.600. The zero-order valence-electron chi connectivity index (χ0n) is 13.2. The number of oxime groups is 1. The Bertz CT molecular complexity index is 698. The number of aromatic nitrogens is 2. The lowest BCUT2D eigenvalue weighted by Gasteiger charge is -2.23. The number of carbonyl (C=O) groups is 1. The first kappa shape index (κ1) is 16.5. The molecule has 1 aliphatic carbocycles. The summed E-state index contributed by atoms with van der Waals surface area (Å²) in [6, 6.07) is 6.81. The first-order valence-corrected chi connectivity index (χ1v) is 8.34. The Morgan fingerprint density at radius 2 is 2.21 bits per heavy atom. The fourth-order valence-corrected chi connectivity index (χ4v) is 2.93. The van der Waals surface area contributed by atoms with Crippen LogP contribution in [0, 0.1) is 5.92 Å². The first-order valence-electron chi connectivity index (χ1n) is 7.97. The summed E-state index contributed by atoms with van der Waals surface area (Å²) in [4.78, 5) is 21.0. The van der Waals surface area contributed by atoms with E-state index in [-0.39, 0.29) is 5.92 Å². The van der Waals surface area contributed by atoms with Crippen LogP contribution in [0.1, 0.15) is 25.7 Å². The van der Waals surface area contributed by atoms with E-state index in [2.05, 4.69) is 15.5 Å². The highest BCUT2D eigenvalue weighted by Gasteiger charge is 2.22. The number of amides is 1. The molecule has 0 saturated heterocycles. The van der Waals surface area contributed by atoms with Crippen molar-refractivity contribution in [2.45, 2.75) is 32.2 Å². The molecule has 1 heterocycles. The molecule has 24 heavy (non-hydrogen) atoms. The molecule has 1 aliphatic rings. The van der Waals surface area contributed by atoms with Gasteiger partial charge in [-0.25, -0.2) is 9.78 Å². The van der Waals surface area contributed by atoms with Crippen LogP contribution >= 0.6 is 11.6 Å². The zero-order chi connectivity index (χ0) is 16.8. The number of nitrogens with one attached hydrogen (secondary N) is 1. The largest absolute Gasteiger partial charge is 0.437 e. The standard InChI is InChI=1S/C17H19ClN4O2/c18-14-5-7-15(8-6-14)20-17(23)24-21-16-4-2-1-3-13(16)11-22-10-9-19-12-22/h5-10,12-13H,1-4,11H2,(H,20,23)/b21-16-/t13-/m0/s1. The van der Waals surface area contributed by atoms with Crippen LogP contribution in [0.25, 0.3) is 0 Å². The van der Waals surface area contributed by atoms with Crippen LogP contribution in [-0.4, -0.2) is 21.4 Å². The molecule has 0 spiro atoms. The smallest absolute Gasteiger partial charge is 0.337 e. The van der Waals surface area contributed by atoms with Crippen LogP contribution in [-0.2, 0) is 11.4 Å². The molecule has 1 amide bonds. The number of halogens is 1. The third-order valence-corrected chi connectivity index (χ3v) is 4.29. The van der Waals surface area contributed by atoms with Crippen LogP contribution < -0.4 is 5.32 Å². The van der Waals surface area contributed by atoms with Crippen LogP contribution in [0.15, 0.2) is 48.1 Å². The van der Waals surface area contributed by atoms with E-state index in [1.165, 1.54) is 0 Å². The van der Waals surface area contributed by atoms with Gasteiger partial charge in [-0.05, 0) is 43.5 Å². The van der Waals surface area contributed by atoms with E-state index < -0.39 is 6.09 Å². The molecule has 0 aliphatic heterocycles. The molecule has 1 aromatic carbocycles. The molecule has 1 aromatic heterocycles.